The molecule has 0 spiro atoms. The summed E-state index contributed by atoms with van der Waals surface area (Å²) < 4.78 is 0. The Morgan fingerprint density at radius 2 is 1.79 bits per heavy atom. The molecule has 0 aliphatic carbocycles. The lowest BCUT2D eigenvalue weighted by molar-refractivity contribution is -0.118. The Hall–Kier alpha value is -3.14. The molecular weight excluding hydrogens is 360 g/mol. The first-order valence-electron chi connectivity index (χ1n) is 10.2. The number of nitrogens with one attached hydrogen (secondary N) is 1. The van der Waals surface area contributed by atoms with Crippen LogP contribution < -0.4 is 10.2 Å². The van der Waals surface area contributed by atoms with Crippen molar-refractivity contribution in [1.82, 2.24) is 0 Å². The van der Waals surface area contributed by atoms with Crippen LogP contribution in [0.4, 0.5) is 11.4 Å². The van der Waals surface area contributed by atoms with Crippen LogP contribution in [0.5, 0.6) is 0 Å². The van der Waals surface area contributed by atoms with Gasteiger partial charge in [0, 0.05) is 29.9 Å². The van der Waals surface area contributed by atoms with Gasteiger partial charge in [-0.25, -0.2) is 0 Å². The Kier molecular flexibility index (Phi) is 5.34. The normalized spacial score (nSPS) is 13.6. The van der Waals surface area contributed by atoms with Crippen LogP contribution in [0.3, 0.4) is 0 Å². The average molecular weight is 386 g/mol. The molecule has 4 nitrogen and oxygen atoms in total. The highest BCUT2D eigenvalue weighted by molar-refractivity contribution is 6.06. The number of anilines is 2. The molecule has 0 fully saturated rings. The van der Waals surface area contributed by atoms with E-state index in [2.05, 4.69) is 19.2 Å². The molecule has 0 unspecified atom stereocenters. The van der Waals surface area contributed by atoms with E-state index in [1.165, 1.54) is 0 Å². The number of hydrogen-bond donors (Lipinski definition) is 1. The molecule has 0 saturated carbocycles. The van der Waals surface area contributed by atoms with Crippen LogP contribution in [0.1, 0.15) is 42.6 Å². The Bertz CT molecular complexity index is 1070. The van der Waals surface area contributed by atoms with Gasteiger partial charge in [-0.3, -0.25) is 9.59 Å². The maximum atomic E-state index is 12.7. The first kappa shape index (κ1) is 19.2. The molecular formula is C25H26N2O2. The minimum absolute atomic E-state index is 0.126. The van der Waals surface area contributed by atoms with E-state index in [4.69, 9.17) is 0 Å². The number of fused-ring (bicyclic) bond motifs is 2. The fourth-order valence-electron chi connectivity index (χ4n) is 3.80. The van der Waals surface area contributed by atoms with Gasteiger partial charge in [0.2, 0.25) is 5.91 Å². The quantitative estimate of drug-likeness (QED) is 0.637. The topological polar surface area (TPSA) is 49.4 Å². The zero-order chi connectivity index (χ0) is 20.4. The lowest BCUT2D eigenvalue weighted by atomic mass is 9.99. The predicted octanol–water partition coefficient (Wildman–Crippen LogP) is 5.42. The largest absolute Gasteiger partial charge is 0.322 e. The summed E-state index contributed by atoms with van der Waals surface area (Å²) in [4.78, 5) is 27.0. The van der Waals surface area contributed by atoms with Crippen LogP contribution >= 0.6 is 0 Å². The molecule has 3 aromatic rings. The van der Waals surface area contributed by atoms with Crippen molar-refractivity contribution in [3.8, 4) is 0 Å². The Morgan fingerprint density at radius 1 is 1.00 bits per heavy atom. The molecule has 0 aromatic heterocycles. The van der Waals surface area contributed by atoms with E-state index in [0.29, 0.717) is 24.3 Å². The van der Waals surface area contributed by atoms with E-state index in [-0.39, 0.29) is 11.8 Å². The minimum Gasteiger partial charge on any atom is -0.322 e. The number of nitrogens with zero attached hydrogens (tertiary/aromatic N) is 1. The summed E-state index contributed by atoms with van der Waals surface area (Å²) in [6.07, 6.45) is 2.21. The number of amides is 2. The number of rotatable bonds is 5. The lowest BCUT2D eigenvalue weighted by Crippen LogP contribution is -2.36. The average Bonchev–Trinajstić information content (AvgIpc) is 2.72. The third kappa shape index (κ3) is 4.16. The van der Waals surface area contributed by atoms with Gasteiger partial charge in [-0.15, -0.1) is 0 Å². The number of aryl methyl sites for hydroxylation is 1. The van der Waals surface area contributed by atoms with Crippen molar-refractivity contribution in [3.05, 3.63) is 71.8 Å². The van der Waals surface area contributed by atoms with Gasteiger partial charge in [-0.2, -0.15) is 0 Å². The van der Waals surface area contributed by atoms with Crippen molar-refractivity contribution in [1.29, 1.82) is 0 Å². The van der Waals surface area contributed by atoms with Crippen molar-refractivity contribution in [3.63, 3.8) is 0 Å². The summed E-state index contributed by atoms with van der Waals surface area (Å²) in [6, 6.07) is 19.6. The van der Waals surface area contributed by atoms with Gasteiger partial charge in [0.25, 0.3) is 5.91 Å². The smallest absolute Gasteiger partial charge is 0.255 e. The number of carbonyl (C=O) groups excluding carboxylic acids is 2. The first-order chi connectivity index (χ1) is 14.0. The van der Waals surface area contributed by atoms with E-state index >= 15 is 0 Å². The molecule has 0 bridgehead atoms. The Morgan fingerprint density at radius 3 is 2.59 bits per heavy atom. The molecule has 3 aromatic carbocycles. The molecule has 148 valence electrons. The van der Waals surface area contributed by atoms with Crippen molar-refractivity contribution in [2.24, 2.45) is 5.92 Å². The van der Waals surface area contributed by atoms with E-state index < -0.39 is 0 Å². The fraction of sp³-hybridized carbons (Fsp3) is 0.280. The van der Waals surface area contributed by atoms with Gasteiger partial charge in [0.05, 0.1) is 0 Å². The molecule has 0 saturated heterocycles. The second-order valence-corrected chi connectivity index (χ2v) is 8.09. The summed E-state index contributed by atoms with van der Waals surface area (Å²) in [5, 5.41) is 5.17. The molecule has 1 N–H and O–H groups in total. The minimum atomic E-state index is -0.126. The van der Waals surface area contributed by atoms with E-state index in [1.807, 2.05) is 65.6 Å². The third-order valence-corrected chi connectivity index (χ3v) is 5.48. The lowest BCUT2D eigenvalue weighted by Gasteiger charge is -2.30. The standard InChI is InChI=1S/C25H26N2O2/c1-17(2)13-14-27-23-11-10-22(16-20(23)9-12-24(27)28)26-25(29)21-8-7-18-5-3-4-6-19(18)15-21/h3-8,10-11,15-17H,9,12-14H2,1-2H3,(H,26,29). The Labute approximate surface area is 171 Å². The van der Waals surface area contributed by atoms with Crippen molar-refractivity contribution < 1.29 is 9.59 Å². The summed E-state index contributed by atoms with van der Waals surface area (Å²) >= 11 is 0. The van der Waals surface area contributed by atoms with Crippen LogP contribution in [0, 0.1) is 5.92 Å². The highest BCUT2D eigenvalue weighted by Gasteiger charge is 2.24. The van der Waals surface area contributed by atoms with Crippen molar-refractivity contribution in [2.45, 2.75) is 33.1 Å². The van der Waals surface area contributed by atoms with E-state index in [9.17, 15) is 9.59 Å². The molecule has 0 atom stereocenters. The highest BCUT2D eigenvalue weighted by atomic mass is 16.2. The molecule has 29 heavy (non-hydrogen) atoms. The molecule has 1 aliphatic rings. The molecule has 4 rings (SSSR count). The Balaban J connectivity index is 1.53. The van der Waals surface area contributed by atoms with Gasteiger partial charge in [-0.05, 0) is 65.4 Å². The van der Waals surface area contributed by atoms with E-state index in [0.717, 1.165) is 40.7 Å². The van der Waals surface area contributed by atoms with Gasteiger partial charge < -0.3 is 10.2 Å². The molecule has 0 radical (unpaired) electrons. The molecule has 4 heteroatoms. The number of benzene rings is 3. The summed E-state index contributed by atoms with van der Waals surface area (Å²) in [6.45, 7) is 5.08. The summed E-state index contributed by atoms with van der Waals surface area (Å²) in [5.74, 6) is 0.610. The zero-order valence-electron chi connectivity index (χ0n) is 16.9. The maximum absolute atomic E-state index is 12.7. The second kappa shape index (κ2) is 8.08. The van der Waals surface area contributed by atoms with Crippen LogP contribution in [0.25, 0.3) is 10.8 Å². The summed E-state index contributed by atoms with van der Waals surface area (Å²) in [5.41, 5.74) is 3.49. The zero-order valence-corrected chi connectivity index (χ0v) is 16.9. The van der Waals surface area contributed by atoms with Crippen LogP contribution in [0.15, 0.2) is 60.7 Å². The second-order valence-electron chi connectivity index (χ2n) is 8.09. The van der Waals surface area contributed by atoms with Crippen LogP contribution in [-0.2, 0) is 11.2 Å². The first-order valence-corrected chi connectivity index (χ1v) is 10.2. The van der Waals surface area contributed by atoms with Gasteiger partial charge in [-0.1, -0.05) is 44.2 Å². The predicted molar refractivity (Wildman–Crippen MR) is 118 cm³/mol. The SMILES string of the molecule is CC(C)CCN1C(=O)CCc2cc(NC(=O)c3ccc4ccccc4c3)ccc21. The van der Waals surface area contributed by atoms with Crippen LogP contribution in [-0.4, -0.2) is 18.4 Å². The van der Waals surface area contributed by atoms with Crippen molar-refractivity contribution >= 4 is 34.0 Å². The molecule has 2 amide bonds. The maximum Gasteiger partial charge on any atom is 0.255 e. The van der Waals surface area contributed by atoms with Gasteiger partial charge in [0.15, 0.2) is 0 Å². The number of carbonyl (C=O) groups is 2. The summed E-state index contributed by atoms with van der Waals surface area (Å²) in [7, 11) is 0. The van der Waals surface area contributed by atoms with Gasteiger partial charge >= 0.3 is 0 Å². The van der Waals surface area contributed by atoms with Crippen molar-refractivity contribution in [2.75, 3.05) is 16.8 Å². The monoisotopic (exact) mass is 386 g/mol. The van der Waals surface area contributed by atoms with Crippen LogP contribution in [0.2, 0.25) is 0 Å². The number of hydrogen-bond acceptors (Lipinski definition) is 2. The fourth-order valence-corrected chi connectivity index (χ4v) is 3.80. The highest BCUT2D eigenvalue weighted by Crippen LogP contribution is 2.31. The van der Waals surface area contributed by atoms with E-state index in [1.54, 1.807) is 0 Å². The van der Waals surface area contributed by atoms with Gasteiger partial charge in [0.1, 0.15) is 0 Å². The third-order valence-electron chi connectivity index (χ3n) is 5.48. The molecule has 1 aliphatic heterocycles. The molecule has 1 heterocycles.